The summed E-state index contributed by atoms with van der Waals surface area (Å²) in [5.74, 6) is 0.147. The molecule has 0 spiro atoms. The first-order chi connectivity index (χ1) is 7.00. The van der Waals surface area contributed by atoms with Crippen LogP contribution in [0.4, 0.5) is 4.39 Å². The summed E-state index contributed by atoms with van der Waals surface area (Å²) >= 11 is 3.18. The van der Waals surface area contributed by atoms with Gasteiger partial charge in [0.25, 0.3) is 0 Å². The van der Waals surface area contributed by atoms with Gasteiger partial charge < -0.3 is 10.5 Å². The highest BCUT2D eigenvalue weighted by molar-refractivity contribution is 9.10. The number of rotatable bonds is 4. The number of amidine groups is 1. The Labute approximate surface area is 96.1 Å². The van der Waals surface area contributed by atoms with Crippen LogP contribution in [-0.4, -0.2) is 12.4 Å². The molecule has 0 radical (unpaired) electrons. The number of nitrogens with one attached hydrogen (secondary N) is 1. The number of hydrogen-bond donors (Lipinski definition) is 2. The van der Waals surface area contributed by atoms with E-state index in [1.165, 1.54) is 18.2 Å². The molecule has 1 atom stereocenters. The van der Waals surface area contributed by atoms with E-state index in [0.29, 0.717) is 16.8 Å². The largest absolute Gasteiger partial charge is 0.492 e. The van der Waals surface area contributed by atoms with Crippen LogP contribution in [0.1, 0.15) is 6.92 Å². The van der Waals surface area contributed by atoms with Crippen LogP contribution in [0.5, 0.6) is 5.75 Å². The summed E-state index contributed by atoms with van der Waals surface area (Å²) in [4.78, 5) is 0. The Morgan fingerprint density at radius 3 is 2.87 bits per heavy atom. The van der Waals surface area contributed by atoms with Crippen molar-refractivity contribution in [1.82, 2.24) is 0 Å². The van der Waals surface area contributed by atoms with E-state index in [0.717, 1.165) is 0 Å². The van der Waals surface area contributed by atoms with E-state index < -0.39 is 0 Å². The molecule has 0 aromatic heterocycles. The van der Waals surface area contributed by atoms with Gasteiger partial charge in [-0.05, 0) is 34.1 Å². The Balaban J connectivity index is 2.62. The maximum atomic E-state index is 12.7. The fraction of sp³-hybridized carbons (Fsp3) is 0.300. The van der Waals surface area contributed by atoms with Crippen molar-refractivity contribution in [3.63, 3.8) is 0 Å². The van der Waals surface area contributed by atoms with Gasteiger partial charge in [0.2, 0.25) is 0 Å². The van der Waals surface area contributed by atoms with Gasteiger partial charge in [0.15, 0.2) is 0 Å². The van der Waals surface area contributed by atoms with Crippen molar-refractivity contribution in [2.24, 2.45) is 11.7 Å². The maximum Gasteiger partial charge on any atom is 0.133 e. The first-order valence-corrected chi connectivity index (χ1v) is 5.21. The van der Waals surface area contributed by atoms with Crippen molar-refractivity contribution in [2.45, 2.75) is 6.92 Å². The normalized spacial score (nSPS) is 12.2. The van der Waals surface area contributed by atoms with Gasteiger partial charge in [0.05, 0.1) is 16.9 Å². The third-order valence-electron chi connectivity index (χ3n) is 1.91. The van der Waals surface area contributed by atoms with E-state index in [1.807, 2.05) is 0 Å². The molecule has 1 rings (SSSR count). The van der Waals surface area contributed by atoms with Crippen LogP contribution in [0.15, 0.2) is 22.7 Å². The summed E-state index contributed by atoms with van der Waals surface area (Å²) in [7, 11) is 0. The lowest BCUT2D eigenvalue weighted by atomic mass is 10.2. The van der Waals surface area contributed by atoms with Crippen LogP contribution >= 0.6 is 15.9 Å². The smallest absolute Gasteiger partial charge is 0.133 e. The van der Waals surface area contributed by atoms with Crippen molar-refractivity contribution < 1.29 is 9.13 Å². The molecule has 1 unspecified atom stereocenters. The molecule has 0 saturated heterocycles. The third kappa shape index (κ3) is 3.51. The molecule has 1 aromatic carbocycles. The van der Waals surface area contributed by atoms with Crippen LogP contribution in [-0.2, 0) is 0 Å². The molecule has 0 bridgehead atoms. The Hall–Kier alpha value is -1.10. The summed E-state index contributed by atoms with van der Waals surface area (Å²) in [5, 5.41) is 7.18. The first kappa shape index (κ1) is 12.0. The molecule has 0 heterocycles. The molecule has 0 aliphatic heterocycles. The van der Waals surface area contributed by atoms with Gasteiger partial charge in [0.1, 0.15) is 11.6 Å². The minimum Gasteiger partial charge on any atom is -0.492 e. The van der Waals surface area contributed by atoms with E-state index in [9.17, 15) is 4.39 Å². The van der Waals surface area contributed by atoms with Gasteiger partial charge in [-0.3, -0.25) is 5.41 Å². The Morgan fingerprint density at radius 2 is 2.33 bits per heavy atom. The molecule has 0 fully saturated rings. The highest BCUT2D eigenvalue weighted by Crippen LogP contribution is 2.25. The summed E-state index contributed by atoms with van der Waals surface area (Å²) in [6, 6.07) is 4.18. The average molecular weight is 275 g/mol. The fourth-order valence-corrected chi connectivity index (χ4v) is 1.36. The van der Waals surface area contributed by atoms with Crippen LogP contribution in [0.3, 0.4) is 0 Å². The van der Waals surface area contributed by atoms with E-state index in [-0.39, 0.29) is 17.6 Å². The zero-order valence-corrected chi connectivity index (χ0v) is 9.84. The standard InChI is InChI=1S/C10H12BrFN2O/c1-6(10(13)14)5-15-9-3-2-7(12)4-8(9)11/h2-4,6H,5H2,1H3,(H3,13,14). The van der Waals surface area contributed by atoms with E-state index in [4.69, 9.17) is 15.9 Å². The Morgan fingerprint density at radius 1 is 1.67 bits per heavy atom. The number of nitrogens with two attached hydrogens (primary N) is 1. The number of benzene rings is 1. The van der Waals surface area contributed by atoms with Gasteiger partial charge in [-0.15, -0.1) is 0 Å². The van der Waals surface area contributed by atoms with Crippen LogP contribution in [0.2, 0.25) is 0 Å². The molecule has 1 aromatic rings. The highest BCUT2D eigenvalue weighted by atomic mass is 79.9. The predicted octanol–water partition coefficient (Wildman–Crippen LogP) is 2.54. The van der Waals surface area contributed by atoms with E-state index in [1.54, 1.807) is 6.92 Å². The molecule has 0 aliphatic carbocycles. The van der Waals surface area contributed by atoms with E-state index in [2.05, 4.69) is 15.9 Å². The lowest BCUT2D eigenvalue weighted by Crippen LogP contribution is -2.25. The van der Waals surface area contributed by atoms with Gasteiger partial charge >= 0.3 is 0 Å². The molecule has 82 valence electrons. The summed E-state index contributed by atoms with van der Waals surface area (Å²) in [6.07, 6.45) is 0. The molecule has 0 amide bonds. The number of ether oxygens (including phenoxy) is 1. The second-order valence-corrected chi connectivity index (χ2v) is 4.10. The molecule has 0 saturated carbocycles. The highest BCUT2D eigenvalue weighted by Gasteiger charge is 2.08. The van der Waals surface area contributed by atoms with Crippen LogP contribution in [0, 0.1) is 17.1 Å². The summed E-state index contributed by atoms with van der Waals surface area (Å²) in [5.41, 5.74) is 5.29. The molecular formula is C10H12BrFN2O. The maximum absolute atomic E-state index is 12.7. The molecule has 3 nitrogen and oxygen atoms in total. The quantitative estimate of drug-likeness (QED) is 0.655. The molecule has 5 heteroatoms. The number of halogens is 2. The zero-order valence-electron chi connectivity index (χ0n) is 8.26. The third-order valence-corrected chi connectivity index (χ3v) is 2.53. The lowest BCUT2D eigenvalue weighted by Gasteiger charge is -2.12. The van der Waals surface area contributed by atoms with Gasteiger partial charge in [-0.25, -0.2) is 4.39 Å². The minimum absolute atomic E-state index is 0.0771. The molecule has 3 N–H and O–H groups in total. The van der Waals surface area contributed by atoms with Crippen LogP contribution < -0.4 is 10.5 Å². The van der Waals surface area contributed by atoms with E-state index >= 15 is 0 Å². The molecular weight excluding hydrogens is 263 g/mol. The summed E-state index contributed by atoms with van der Waals surface area (Å²) < 4.78 is 18.7. The Kier molecular flexibility index (Phi) is 4.08. The van der Waals surface area contributed by atoms with Crippen LogP contribution in [0.25, 0.3) is 0 Å². The van der Waals surface area contributed by atoms with Crippen molar-refractivity contribution in [3.8, 4) is 5.75 Å². The fourth-order valence-electron chi connectivity index (χ4n) is 0.897. The average Bonchev–Trinajstić information content (AvgIpc) is 2.15. The number of hydrogen-bond acceptors (Lipinski definition) is 2. The lowest BCUT2D eigenvalue weighted by molar-refractivity contribution is 0.289. The zero-order chi connectivity index (χ0) is 11.4. The van der Waals surface area contributed by atoms with Crippen molar-refractivity contribution in [2.75, 3.05) is 6.61 Å². The summed E-state index contributed by atoms with van der Waals surface area (Å²) in [6.45, 7) is 2.10. The van der Waals surface area contributed by atoms with Crippen molar-refractivity contribution in [3.05, 3.63) is 28.5 Å². The first-order valence-electron chi connectivity index (χ1n) is 4.42. The van der Waals surface area contributed by atoms with Crippen molar-refractivity contribution in [1.29, 1.82) is 5.41 Å². The van der Waals surface area contributed by atoms with Gasteiger partial charge in [-0.2, -0.15) is 0 Å². The topological polar surface area (TPSA) is 59.1 Å². The minimum atomic E-state index is -0.325. The van der Waals surface area contributed by atoms with Gasteiger partial charge in [-0.1, -0.05) is 6.92 Å². The predicted molar refractivity (Wildman–Crippen MR) is 60.7 cm³/mol. The molecule has 0 aliphatic rings. The second kappa shape index (κ2) is 5.11. The second-order valence-electron chi connectivity index (χ2n) is 3.24. The van der Waals surface area contributed by atoms with Gasteiger partial charge in [0, 0.05) is 5.92 Å². The SMILES string of the molecule is CC(COc1ccc(F)cc1Br)C(=N)N. The van der Waals surface area contributed by atoms with Crippen molar-refractivity contribution >= 4 is 21.8 Å². The monoisotopic (exact) mass is 274 g/mol. The Bertz CT molecular complexity index is 370. The molecule has 15 heavy (non-hydrogen) atoms.